The maximum atomic E-state index is 13.5. The van der Waals surface area contributed by atoms with Crippen molar-refractivity contribution in [3.63, 3.8) is 0 Å². The van der Waals surface area contributed by atoms with Gasteiger partial charge in [0.1, 0.15) is 5.56 Å². The van der Waals surface area contributed by atoms with Crippen LogP contribution >= 0.6 is 0 Å². The average Bonchev–Trinajstić information content (AvgIpc) is 3.28. The van der Waals surface area contributed by atoms with Crippen molar-refractivity contribution >= 4 is 17.2 Å². The summed E-state index contributed by atoms with van der Waals surface area (Å²) in [4.78, 5) is 22.7. The number of carbonyl (C=O) groups excluding carboxylic acids is 1. The monoisotopic (exact) mass is 467 g/mol. The summed E-state index contributed by atoms with van der Waals surface area (Å²) in [7, 11) is 0. The molecule has 1 fully saturated rings. The van der Waals surface area contributed by atoms with Crippen LogP contribution in [0.5, 0.6) is 0 Å². The first-order valence-electron chi connectivity index (χ1n) is 12.3. The van der Waals surface area contributed by atoms with Gasteiger partial charge >= 0.3 is 0 Å². The molecular formula is C29H33N5O. The number of rotatable bonds is 4. The number of aryl methyl sites for hydroxylation is 5. The van der Waals surface area contributed by atoms with Gasteiger partial charge in [0.05, 0.1) is 6.20 Å². The standard InChI is InChI=1S/C29H33N5O/c1-19-7-10-24(11-8-19)17-25-22(4)31-28-26(18-30-34(28)23(25)5)29(35)33-14-12-32(13-15-33)27-16-20(2)6-9-21(27)3/h6-11,16,18H,12-15,17H2,1-5H3. The minimum Gasteiger partial charge on any atom is -0.368 e. The molecule has 6 nitrogen and oxygen atoms in total. The minimum atomic E-state index is 0.0122. The number of hydrogen-bond donors (Lipinski definition) is 0. The van der Waals surface area contributed by atoms with Crippen LogP contribution in [-0.2, 0) is 6.42 Å². The molecule has 2 aromatic carbocycles. The van der Waals surface area contributed by atoms with Gasteiger partial charge in [-0.05, 0) is 62.9 Å². The first kappa shape index (κ1) is 23.1. The molecule has 0 aliphatic carbocycles. The number of amides is 1. The van der Waals surface area contributed by atoms with Gasteiger partial charge in [0, 0.05) is 49.7 Å². The second-order valence-electron chi connectivity index (χ2n) is 9.79. The summed E-state index contributed by atoms with van der Waals surface area (Å²) < 4.78 is 1.83. The van der Waals surface area contributed by atoms with Crippen molar-refractivity contribution < 1.29 is 4.79 Å². The summed E-state index contributed by atoms with van der Waals surface area (Å²) in [6.07, 6.45) is 2.48. The van der Waals surface area contributed by atoms with E-state index in [0.717, 1.165) is 36.5 Å². The molecule has 0 unspecified atom stereocenters. The van der Waals surface area contributed by atoms with E-state index < -0.39 is 0 Å². The van der Waals surface area contributed by atoms with Gasteiger partial charge in [-0.2, -0.15) is 5.10 Å². The minimum absolute atomic E-state index is 0.0122. The van der Waals surface area contributed by atoms with Crippen LogP contribution in [0.4, 0.5) is 5.69 Å². The van der Waals surface area contributed by atoms with E-state index in [0.29, 0.717) is 24.3 Å². The van der Waals surface area contributed by atoms with E-state index in [9.17, 15) is 4.79 Å². The molecule has 0 N–H and O–H groups in total. The molecule has 1 aliphatic heterocycles. The van der Waals surface area contributed by atoms with Crippen molar-refractivity contribution in [2.24, 2.45) is 0 Å². The molecule has 180 valence electrons. The smallest absolute Gasteiger partial charge is 0.259 e. The molecule has 35 heavy (non-hydrogen) atoms. The van der Waals surface area contributed by atoms with Crippen molar-refractivity contribution in [3.8, 4) is 0 Å². The van der Waals surface area contributed by atoms with Gasteiger partial charge < -0.3 is 9.80 Å². The van der Waals surface area contributed by atoms with Crippen LogP contribution in [0.2, 0.25) is 0 Å². The number of benzene rings is 2. The quantitative estimate of drug-likeness (QED) is 0.432. The van der Waals surface area contributed by atoms with Crippen molar-refractivity contribution in [2.45, 2.75) is 41.0 Å². The van der Waals surface area contributed by atoms with Crippen molar-refractivity contribution in [2.75, 3.05) is 31.1 Å². The molecule has 2 aromatic heterocycles. The molecule has 0 radical (unpaired) electrons. The van der Waals surface area contributed by atoms with E-state index in [1.165, 1.54) is 27.9 Å². The highest BCUT2D eigenvalue weighted by Gasteiger charge is 2.26. The van der Waals surface area contributed by atoms with E-state index >= 15 is 0 Å². The Morgan fingerprint density at radius 3 is 2.29 bits per heavy atom. The summed E-state index contributed by atoms with van der Waals surface area (Å²) in [5.41, 5.74) is 10.7. The Labute approximate surface area is 207 Å². The zero-order chi connectivity index (χ0) is 24.7. The number of carbonyl (C=O) groups is 1. The van der Waals surface area contributed by atoms with Crippen molar-refractivity contribution in [1.29, 1.82) is 0 Å². The summed E-state index contributed by atoms with van der Waals surface area (Å²) in [5, 5.41) is 4.57. The molecule has 0 bridgehead atoms. The van der Waals surface area contributed by atoms with Gasteiger partial charge in [-0.3, -0.25) is 4.79 Å². The molecule has 6 heteroatoms. The van der Waals surface area contributed by atoms with Crippen LogP contribution in [0.3, 0.4) is 0 Å². The second-order valence-corrected chi connectivity index (χ2v) is 9.79. The van der Waals surface area contributed by atoms with Gasteiger partial charge in [-0.15, -0.1) is 0 Å². The predicted octanol–water partition coefficient (Wildman–Crippen LogP) is 4.82. The fourth-order valence-electron chi connectivity index (χ4n) is 5.01. The fourth-order valence-corrected chi connectivity index (χ4v) is 5.01. The normalized spacial score (nSPS) is 14.1. The lowest BCUT2D eigenvalue weighted by Crippen LogP contribution is -2.49. The van der Waals surface area contributed by atoms with Gasteiger partial charge in [0.2, 0.25) is 0 Å². The Balaban J connectivity index is 1.36. The van der Waals surface area contributed by atoms with E-state index in [1.54, 1.807) is 6.20 Å². The third-order valence-corrected chi connectivity index (χ3v) is 7.21. The van der Waals surface area contributed by atoms with Crippen molar-refractivity contribution in [1.82, 2.24) is 19.5 Å². The van der Waals surface area contributed by atoms with Crippen LogP contribution < -0.4 is 4.90 Å². The maximum absolute atomic E-state index is 13.5. The lowest BCUT2D eigenvalue weighted by atomic mass is 10.0. The topological polar surface area (TPSA) is 53.7 Å². The highest BCUT2D eigenvalue weighted by atomic mass is 16.2. The molecule has 0 atom stereocenters. The Bertz CT molecular complexity index is 1400. The van der Waals surface area contributed by atoms with Gasteiger partial charge in [-0.25, -0.2) is 9.50 Å². The number of fused-ring (bicyclic) bond motifs is 1. The summed E-state index contributed by atoms with van der Waals surface area (Å²) >= 11 is 0. The van der Waals surface area contributed by atoms with Gasteiger partial charge in [0.15, 0.2) is 5.65 Å². The number of piperazine rings is 1. The van der Waals surface area contributed by atoms with E-state index in [2.05, 4.69) is 80.2 Å². The molecule has 1 saturated heterocycles. The van der Waals surface area contributed by atoms with E-state index in [4.69, 9.17) is 4.98 Å². The van der Waals surface area contributed by atoms with Crippen LogP contribution in [0.15, 0.2) is 48.7 Å². The lowest BCUT2D eigenvalue weighted by Gasteiger charge is -2.36. The molecule has 1 aliphatic rings. The molecular weight excluding hydrogens is 434 g/mol. The predicted molar refractivity (Wildman–Crippen MR) is 140 cm³/mol. The average molecular weight is 468 g/mol. The number of anilines is 1. The highest BCUT2D eigenvalue weighted by Crippen LogP contribution is 2.25. The molecule has 0 saturated carbocycles. The zero-order valence-electron chi connectivity index (χ0n) is 21.3. The Kier molecular flexibility index (Phi) is 6.05. The van der Waals surface area contributed by atoms with Crippen LogP contribution in [0, 0.1) is 34.6 Å². The van der Waals surface area contributed by atoms with Crippen molar-refractivity contribution in [3.05, 3.63) is 93.4 Å². The molecule has 3 heterocycles. The Morgan fingerprint density at radius 2 is 1.57 bits per heavy atom. The highest BCUT2D eigenvalue weighted by molar-refractivity contribution is 5.99. The second kappa shape index (κ2) is 9.17. The van der Waals surface area contributed by atoms with Gasteiger partial charge in [0.25, 0.3) is 5.91 Å². The molecule has 5 rings (SSSR count). The third-order valence-electron chi connectivity index (χ3n) is 7.21. The van der Waals surface area contributed by atoms with Crippen LogP contribution in [0.25, 0.3) is 5.65 Å². The summed E-state index contributed by atoms with van der Waals surface area (Å²) in [6, 6.07) is 15.1. The zero-order valence-corrected chi connectivity index (χ0v) is 21.3. The number of nitrogens with zero attached hydrogens (tertiary/aromatic N) is 5. The fraction of sp³-hybridized carbons (Fsp3) is 0.345. The van der Waals surface area contributed by atoms with Crippen LogP contribution in [-0.4, -0.2) is 51.6 Å². The van der Waals surface area contributed by atoms with Crippen LogP contribution in [0.1, 0.15) is 49.6 Å². The SMILES string of the molecule is Cc1ccc(Cc2c(C)nc3c(C(=O)N4CCN(c5cc(C)ccc5C)CC4)cnn3c2C)cc1. The van der Waals surface area contributed by atoms with E-state index in [1.807, 2.05) is 16.3 Å². The van der Waals surface area contributed by atoms with Gasteiger partial charge in [-0.1, -0.05) is 42.0 Å². The first-order valence-corrected chi connectivity index (χ1v) is 12.3. The van der Waals surface area contributed by atoms with E-state index in [-0.39, 0.29) is 5.91 Å². The largest absolute Gasteiger partial charge is 0.368 e. The first-order chi connectivity index (χ1) is 16.8. The Morgan fingerprint density at radius 1 is 0.886 bits per heavy atom. The maximum Gasteiger partial charge on any atom is 0.259 e. The Hall–Kier alpha value is -3.67. The third kappa shape index (κ3) is 4.41. The molecule has 1 amide bonds. The molecule has 4 aromatic rings. The number of aromatic nitrogens is 3. The molecule has 0 spiro atoms. The lowest BCUT2D eigenvalue weighted by molar-refractivity contribution is 0.0748. The summed E-state index contributed by atoms with van der Waals surface area (Å²) in [6.45, 7) is 13.5. The summed E-state index contributed by atoms with van der Waals surface area (Å²) in [5.74, 6) is 0.0122. The number of hydrogen-bond acceptors (Lipinski definition) is 4.